The largest absolute Gasteiger partial charge is 0.444 e. The molecule has 9 nitrogen and oxygen atoms in total. The zero-order valence-electron chi connectivity index (χ0n) is 17.7. The van der Waals surface area contributed by atoms with Gasteiger partial charge in [0.2, 0.25) is 5.91 Å². The Balaban J connectivity index is 1.74. The van der Waals surface area contributed by atoms with Gasteiger partial charge in [-0.1, -0.05) is 0 Å². The first-order valence-electron chi connectivity index (χ1n) is 9.66. The molecular formula is C19H27FN4O5S. The van der Waals surface area contributed by atoms with Gasteiger partial charge in [-0.3, -0.25) is 13.4 Å². The van der Waals surface area contributed by atoms with Crippen molar-refractivity contribution >= 4 is 39.3 Å². The Morgan fingerprint density at radius 3 is 2.37 bits per heavy atom. The molecule has 0 radical (unpaired) electrons. The van der Waals surface area contributed by atoms with Crippen molar-refractivity contribution in [3.05, 3.63) is 17.9 Å². The summed E-state index contributed by atoms with van der Waals surface area (Å²) in [5, 5.41) is 2.55. The van der Waals surface area contributed by atoms with Gasteiger partial charge >= 0.3 is 16.3 Å². The van der Waals surface area contributed by atoms with Gasteiger partial charge in [0.05, 0.1) is 23.0 Å². The molecule has 2 aliphatic rings. The number of nitrogens with one attached hydrogen (secondary N) is 1. The van der Waals surface area contributed by atoms with Gasteiger partial charge < -0.3 is 15.0 Å². The van der Waals surface area contributed by atoms with E-state index in [1.54, 1.807) is 20.8 Å². The molecule has 2 amide bonds. The molecule has 0 spiro atoms. The number of rotatable bonds is 2. The van der Waals surface area contributed by atoms with Crippen molar-refractivity contribution < 1.29 is 27.1 Å². The number of piperidine rings is 1. The topological polar surface area (TPSA) is 99.3 Å². The average molecular weight is 443 g/mol. The minimum Gasteiger partial charge on any atom is -0.444 e. The van der Waals surface area contributed by atoms with E-state index in [9.17, 15) is 22.4 Å². The monoisotopic (exact) mass is 442 g/mol. The third-order valence-electron chi connectivity index (χ3n) is 5.14. The number of hydrogen-bond acceptors (Lipinski definition) is 5. The van der Waals surface area contributed by atoms with Crippen LogP contribution in [0.1, 0.15) is 33.6 Å². The minimum atomic E-state index is -3.75. The molecular weight excluding hydrogens is 415 g/mol. The van der Waals surface area contributed by atoms with Crippen LogP contribution in [0.5, 0.6) is 0 Å². The molecule has 2 heterocycles. The molecule has 0 aromatic heterocycles. The number of amides is 2. The van der Waals surface area contributed by atoms with Crippen LogP contribution >= 0.6 is 0 Å². The second-order valence-electron chi connectivity index (χ2n) is 8.52. The zero-order chi connectivity index (χ0) is 22.4. The molecule has 0 aliphatic carbocycles. The second kappa shape index (κ2) is 7.60. The minimum absolute atomic E-state index is 0.106. The first-order chi connectivity index (χ1) is 13.8. The van der Waals surface area contributed by atoms with E-state index in [-0.39, 0.29) is 23.6 Å². The van der Waals surface area contributed by atoms with Crippen molar-refractivity contribution in [2.75, 3.05) is 41.1 Å². The number of hydrogen-bond donors (Lipinski definition) is 1. The molecule has 1 atom stereocenters. The van der Waals surface area contributed by atoms with Crippen LogP contribution in [0.3, 0.4) is 0 Å². The van der Waals surface area contributed by atoms with Crippen LogP contribution < -0.4 is 13.9 Å². The predicted octanol–water partition coefficient (Wildman–Crippen LogP) is 2.54. The van der Waals surface area contributed by atoms with Gasteiger partial charge in [-0.25, -0.2) is 9.18 Å². The summed E-state index contributed by atoms with van der Waals surface area (Å²) in [7, 11) is -1.05. The van der Waals surface area contributed by atoms with Crippen LogP contribution in [0.4, 0.5) is 26.2 Å². The van der Waals surface area contributed by atoms with E-state index < -0.39 is 39.5 Å². The maximum atomic E-state index is 14.6. The SMILES string of the molecule is CN1c2cc(F)c(NC(=O)C3CCCN(C(=O)OC(C)(C)C)C3)cc2N(C)S1(=O)=O. The molecule has 1 aromatic rings. The number of fused-ring (bicyclic) bond motifs is 1. The maximum Gasteiger partial charge on any atom is 0.410 e. The number of carbonyl (C=O) groups excluding carboxylic acids is 2. The number of anilines is 3. The van der Waals surface area contributed by atoms with Crippen molar-refractivity contribution in [3.63, 3.8) is 0 Å². The molecule has 0 saturated carbocycles. The number of likely N-dealkylation sites (tertiary alicyclic amines) is 1. The van der Waals surface area contributed by atoms with Crippen LogP contribution in [0, 0.1) is 11.7 Å². The first kappa shape index (κ1) is 22.1. The van der Waals surface area contributed by atoms with E-state index in [0.717, 1.165) is 14.7 Å². The Kier molecular flexibility index (Phi) is 5.61. The van der Waals surface area contributed by atoms with Gasteiger partial charge in [0.15, 0.2) is 0 Å². The summed E-state index contributed by atoms with van der Waals surface area (Å²) in [4.78, 5) is 26.5. The lowest BCUT2D eigenvalue weighted by Crippen LogP contribution is -2.45. The Hall–Kier alpha value is -2.56. The predicted molar refractivity (Wildman–Crippen MR) is 111 cm³/mol. The molecule has 30 heavy (non-hydrogen) atoms. The molecule has 1 aromatic carbocycles. The third kappa shape index (κ3) is 4.16. The van der Waals surface area contributed by atoms with Crippen molar-refractivity contribution in [3.8, 4) is 0 Å². The highest BCUT2D eigenvalue weighted by Gasteiger charge is 2.37. The highest BCUT2D eigenvalue weighted by molar-refractivity contribution is 7.94. The zero-order valence-corrected chi connectivity index (χ0v) is 18.5. The highest BCUT2D eigenvalue weighted by atomic mass is 32.2. The summed E-state index contributed by atoms with van der Waals surface area (Å²) in [5.41, 5.74) is -0.278. The molecule has 166 valence electrons. The molecule has 3 rings (SSSR count). The second-order valence-corrected chi connectivity index (χ2v) is 10.5. The van der Waals surface area contributed by atoms with Gasteiger partial charge in [0.25, 0.3) is 0 Å². The van der Waals surface area contributed by atoms with E-state index in [1.807, 2.05) is 0 Å². The van der Waals surface area contributed by atoms with Crippen LogP contribution in [0.25, 0.3) is 0 Å². The number of nitrogens with zero attached hydrogens (tertiary/aromatic N) is 3. The number of halogens is 1. The summed E-state index contributed by atoms with van der Waals surface area (Å²) in [6, 6.07) is 2.39. The summed E-state index contributed by atoms with van der Waals surface area (Å²) in [5.74, 6) is -1.69. The van der Waals surface area contributed by atoms with Crippen LogP contribution in [0.2, 0.25) is 0 Å². The van der Waals surface area contributed by atoms with Crippen molar-refractivity contribution in [2.45, 2.75) is 39.2 Å². The smallest absolute Gasteiger partial charge is 0.410 e. The molecule has 11 heteroatoms. The number of carbonyl (C=O) groups is 2. The fourth-order valence-electron chi connectivity index (χ4n) is 3.50. The maximum absolute atomic E-state index is 14.6. The summed E-state index contributed by atoms with van der Waals surface area (Å²) in [6.07, 6.45) is 0.684. The molecule has 1 N–H and O–H groups in total. The molecule has 1 fully saturated rings. The molecule has 1 unspecified atom stereocenters. The van der Waals surface area contributed by atoms with E-state index >= 15 is 0 Å². The Morgan fingerprint density at radius 2 is 1.77 bits per heavy atom. The molecule has 1 saturated heterocycles. The van der Waals surface area contributed by atoms with Crippen molar-refractivity contribution in [1.29, 1.82) is 0 Å². The summed E-state index contributed by atoms with van der Waals surface area (Å²) in [6.45, 7) is 5.96. The van der Waals surface area contributed by atoms with Crippen molar-refractivity contribution in [2.24, 2.45) is 5.92 Å². The quantitative estimate of drug-likeness (QED) is 0.759. The average Bonchev–Trinajstić information content (AvgIpc) is 2.81. The first-order valence-corrected chi connectivity index (χ1v) is 11.1. The number of ether oxygens (including phenoxy) is 1. The van der Waals surface area contributed by atoms with Crippen LogP contribution in [0.15, 0.2) is 12.1 Å². The Labute approximate surface area is 175 Å². The lowest BCUT2D eigenvalue weighted by atomic mass is 9.97. The number of benzene rings is 1. The van der Waals surface area contributed by atoms with Crippen LogP contribution in [-0.4, -0.2) is 58.1 Å². The van der Waals surface area contributed by atoms with Gasteiger partial charge in [-0.15, -0.1) is 0 Å². The summed E-state index contributed by atoms with van der Waals surface area (Å²) >= 11 is 0. The van der Waals surface area contributed by atoms with E-state index in [0.29, 0.717) is 19.4 Å². The van der Waals surface area contributed by atoms with Gasteiger partial charge in [0.1, 0.15) is 11.4 Å². The standard InChI is InChI=1S/C19H27FN4O5S/c1-19(2,3)29-18(26)24-8-6-7-12(11-24)17(25)21-14-10-16-15(9-13(14)20)22(4)30(27,28)23(16)5/h9-10,12H,6-8,11H2,1-5H3,(H,21,25). The van der Waals surface area contributed by atoms with E-state index in [2.05, 4.69) is 5.32 Å². The molecule has 2 aliphatic heterocycles. The van der Waals surface area contributed by atoms with Gasteiger partial charge in [-0.2, -0.15) is 8.42 Å². The Bertz CT molecular complexity index is 976. The fourth-order valence-corrected chi connectivity index (χ4v) is 4.66. The molecule has 0 bridgehead atoms. The lowest BCUT2D eigenvalue weighted by molar-refractivity contribution is -0.121. The van der Waals surface area contributed by atoms with Gasteiger partial charge in [-0.05, 0) is 39.7 Å². The highest BCUT2D eigenvalue weighted by Crippen LogP contribution is 2.41. The van der Waals surface area contributed by atoms with E-state index in [4.69, 9.17) is 4.74 Å². The van der Waals surface area contributed by atoms with Crippen molar-refractivity contribution in [1.82, 2.24) is 4.90 Å². The third-order valence-corrected chi connectivity index (χ3v) is 6.91. The fraction of sp³-hybridized carbons (Fsp3) is 0.579. The van der Waals surface area contributed by atoms with Gasteiger partial charge in [0, 0.05) is 33.3 Å². The van der Waals surface area contributed by atoms with Crippen LogP contribution in [-0.2, 0) is 19.7 Å². The summed E-state index contributed by atoms with van der Waals surface area (Å²) < 4.78 is 46.4. The normalized spacial score (nSPS) is 20.7. The lowest BCUT2D eigenvalue weighted by Gasteiger charge is -2.33. The Morgan fingerprint density at radius 1 is 1.17 bits per heavy atom. The van der Waals surface area contributed by atoms with E-state index in [1.165, 1.54) is 25.1 Å².